The molecule has 114 valence electrons. The van der Waals surface area contributed by atoms with Crippen molar-refractivity contribution in [3.63, 3.8) is 0 Å². The van der Waals surface area contributed by atoms with Gasteiger partial charge in [-0.2, -0.15) is 0 Å². The summed E-state index contributed by atoms with van der Waals surface area (Å²) in [6.07, 6.45) is 9.41. The number of rotatable bonds is 7. The van der Waals surface area contributed by atoms with Crippen LogP contribution in [0.2, 0.25) is 0 Å². The number of nitrogens with two attached hydrogens (primary N) is 1. The summed E-state index contributed by atoms with van der Waals surface area (Å²) in [5.41, 5.74) is 2.62. The third kappa shape index (κ3) is 5.38. The zero-order valence-electron chi connectivity index (χ0n) is 12.2. The molecule has 0 radical (unpaired) electrons. The van der Waals surface area contributed by atoms with Gasteiger partial charge in [-0.1, -0.05) is 25.7 Å². The highest BCUT2D eigenvalue weighted by Gasteiger charge is 2.38. The average molecular weight is 292 g/mol. The Kier molecular flexibility index (Phi) is 6.73. The Morgan fingerprint density at radius 2 is 1.84 bits per heavy atom. The minimum atomic E-state index is -2.90. The summed E-state index contributed by atoms with van der Waals surface area (Å²) in [6, 6.07) is 0.0253. The number of ether oxygens (including phenoxy) is 1. The maximum Gasteiger partial charge on any atom is 0.147 e. The van der Waals surface area contributed by atoms with Crippen LogP contribution in [0.4, 0.5) is 0 Å². The maximum atomic E-state index is 11.2. The van der Waals surface area contributed by atoms with E-state index in [2.05, 4.69) is 5.43 Å². The Hall–Kier alpha value is -0.170. The van der Waals surface area contributed by atoms with Crippen molar-refractivity contribution in [1.29, 1.82) is 0 Å². The summed E-state index contributed by atoms with van der Waals surface area (Å²) >= 11 is 0. The predicted molar refractivity (Wildman–Crippen MR) is 77.5 cm³/mol. The topological polar surface area (TPSA) is 81.4 Å². The molecule has 1 atom stereocenters. The van der Waals surface area contributed by atoms with Crippen molar-refractivity contribution < 1.29 is 13.2 Å². The van der Waals surface area contributed by atoms with Crippen LogP contribution in [0, 0.1) is 0 Å². The molecule has 1 fully saturated rings. The zero-order chi connectivity index (χ0) is 14.4. The molecule has 5 nitrogen and oxygen atoms in total. The fourth-order valence-electron chi connectivity index (χ4n) is 3.07. The standard InChI is InChI=1S/C13H28N2O3S/c1-18-13(9-5-3-4-6-10-13)12(15-14)8-7-11-19(2,16)17/h12,15H,3-11,14H2,1-2H3. The Bertz CT molecular complexity index is 349. The van der Waals surface area contributed by atoms with Crippen LogP contribution < -0.4 is 11.3 Å². The lowest BCUT2D eigenvalue weighted by Gasteiger charge is -2.39. The van der Waals surface area contributed by atoms with Gasteiger partial charge in [-0.05, 0) is 25.7 Å². The van der Waals surface area contributed by atoms with Gasteiger partial charge < -0.3 is 4.74 Å². The first-order valence-electron chi connectivity index (χ1n) is 7.12. The molecule has 1 aliphatic rings. The molecule has 6 heteroatoms. The number of methoxy groups -OCH3 is 1. The molecular formula is C13H28N2O3S. The molecule has 0 aromatic heterocycles. The smallest absolute Gasteiger partial charge is 0.147 e. The number of hydrazine groups is 1. The molecule has 0 saturated heterocycles. The third-order valence-corrected chi connectivity index (χ3v) is 5.23. The Morgan fingerprint density at radius 3 is 2.26 bits per heavy atom. The van der Waals surface area contributed by atoms with Crippen molar-refractivity contribution >= 4 is 9.84 Å². The lowest BCUT2D eigenvalue weighted by Crippen LogP contribution is -2.54. The second-order valence-corrected chi connectivity index (χ2v) is 7.93. The normalized spacial score (nSPS) is 21.8. The summed E-state index contributed by atoms with van der Waals surface area (Å²) in [4.78, 5) is 0. The molecule has 1 unspecified atom stereocenters. The summed E-state index contributed by atoms with van der Waals surface area (Å²) < 4.78 is 28.2. The van der Waals surface area contributed by atoms with Crippen LogP contribution in [-0.2, 0) is 14.6 Å². The van der Waals surface area contributed by atoms with Crippen molar-refractivity contribution in [3.8, 4) is 0 Å². The quantitative estimate of drug-likeness (QED) is 0.421. The molecule has 0 heterocycles. The summed E-state index contributed by atoms with van der Waals surface area (Å²) in [5, 5.41) is 0. The van der Waals surface area contributed by atoms with Gasteiger partial charge >= 0.3 is 0 Å². The van der Waals surface area contributed by atoms with E-state index < -0.39 is 9.84 Å². The van der Waals surface area contributed by atoms with Gasteiger partial charge in [0.05, 0.1) is 11.6 Å². The van der Waals surface area contributed by atoms with Gasteiger partial charge in [0.1, 0.15) is 9.84 Å². The first kappa shape index (κ1) is 16.9. The average Bonchev–Trinajstić information content (AvgIpc) is 2.59. The number of sulfone groups is 1. The second kappa shape index (κ2) is 7.57. The maximum absolute atomic E-state index is 11.2. The fourth-order valence-corrected chi connectivity index (χ4v) is 3.76. The molecule has 1 aliphatic carbocycles. The first-order valence-corrected chi connectivity index (χ1v) is 9.18. The van der Waals surface area contributed by atoms with E-state index >= 15 is 0 Å². The van der Waals surface area contributed by atoms with E-state index in [1.807, 2.05) is 0 Å². The van der Waals surface area contributed by atoms with Crippen LogP contribution in [0.25, 0.3) is 0 Å². The molecule has 19 heavy (non-hydrogen) atoms. The highest BCUT2D eigenvalue weighted by Crippen LogP contribution is 2.34. The molecule has 0 aromatic rings. The molecule has 0 bridgehead atoms. The van der Waals surface area contributed by atoms with Gasteiger partial charge in [0.2, 0.25) is 0 Å². The minimum absolute atomic E-state index is 0.0253. The highest BCUT2D eigenvalue weighted by molar-refractivity contribution is 7.90. The van der Waals surface area contributed by atoms with E-state index in [1.165, 1.54) is 19.1 Å². The van der Waals surface area contributed by atoms with E-state index in [9.17, 15) is 8.42 Å². The monoisotopic (exact) mass is 292 g/mol. The fraction of sp³-hybridized carbons (Fsp3) is 1.00. The van der Waals surface area contributed by atoms with Crippen LogP contribution in [-0.4, -0.2) is 39.2 Å². The van der Waals surface area contributed by atoms with Crippen molar-refractivity contribution in [3.05, 3.63) is 0 Å². The lowest BCUT2D eigenvalue weighted by atomic mass is 9.84. The Morgan fingerprint density at radius 1 is 1.26 bits per heavy atom. The summed E-state index contributed by atoms with van der Waals surface area (Å²) in [6.45, 7) is 0. The van der Waals surface area contributed by atoms with Crippen molar-refractivity contribution in [2.75, 3.05) is 19.1 Å². The molecular weight excluding hydrogens is 264 g/mol. The Labute approximate surface area is 117 Å². The van der Waals surface area contributed by atoms with Crippen LogP contribution in [0.15, 0.2) is 0 Å². The number of hydrogen-bond donors (Lipinski definition) is 2. The third-order valence-electron chi connectivity index (χ3n) is 4.20. The van der Waals surface area contributed by atoms with Gasteiger partial charge in [0.15, 0.2) is 0 Å². The van der Waals surface area contributed by atoms with Gasteiger partial charge in [-0.25, -0.2) is 8.42 Å². The van der Waals surface area contributed by atoms with Crippen LogP contribution in [0.3, 0.4) is 0 Å². The molecule has 0 aromatic carbocycles. The molecule has 1 saturated carbocycles. The van der Waals surface area contributed by atoms with Crippen molar-refractivity contribution in [1.82, 2.24) is 5.43 Å². The predicted octanol–water partition coefficient (Wildman–Crippen LogP) is 1.38. The van der Waals surface area contributed by atoms with E-state index in [1.54, 1.807) is 7.11 Å². The van der Waals surface area contributed by atoms with Gasteiger partial charge in [0.25, 0.3) is 0 Å². The Balaban J connectivity index is 2.63. The van der Waals surface area contributed by atoms with Crippen LogP contribution in [0.5, 0.6) is 0 Å². The largest absolute Gasteiger partial charge is 0.377 e. The van der Waals surface area contributed by atoms with Gasteiger partial charge in [0, 0.05) is 19.1 Å². The summed E-state index contributed by atoms with van der Waals surface area (Å²) in [5.74, 6) is 5.90. The van der Waals surface area contributed by atoms with Gasteiger partial charge in [-0.15, -0.1) is 0 Å². The van der Waals surface area contributed by atoms with Crippen LogP contribution in [0.1, 0.15) is 51.4 Å². The molecule has 3 N–H and O–H groups in total. The van der Waals surface area contributed by atoms with Crippen molar-refractivity contribution in [2.45, 2.75) is 63.0 Å². The SMILES string of the molecule is COC1(C(CCCS(C)(=O)=O)NN)CCCCCC1. The van der Waals surface area contributed by atoms with E-state index in [0.29, 0.717) is 6.42 Å². The zero-order valence-corrected chi connectivity index (χ0v) is 13.0. The van der Waals surface area contributed by atoms with Crippen molar-refractivity contribution in [2.24, 2.45) is 5.84 Å². The van der Waals surface area contributed by atoms with Crippen LogP contribution >= 0.6 is 0 Å². The highest BCUT2D eigenvalue weighted by atomic mass is 32.2. The minimum Gasteiger partial charge on any atom is -0.377 e. The number of hydrogen-bond acceptors (Lipinski definition) is 5. The van der Waals surface area contributed by atoms with E-state index in [-0.39, 0.29) is 17.4 Å². The van der Waals surface area contributed by atoms with E-state index in [0.717, 1.165) is 32.1 Å². The number of nitrogens with one attached hydrogen (secondary N) is 1. The second-order valence-electron chi connectivity index (χ2n) is 5.67. The molecule has 1 rings (SSSR count). The lowest BCUT2D eigenvalue weighted by molar-refractivity contribution is -0.0549. The molecule has 0 spiro atoms. The summed E-state index contributed by atoms with van der Waals surface area (Å²) in [7, 11) is -1.16. The molecule has 0 amide bonds. The molecule has 0 aliphatic heterocycles. The van der Waals surface area contributed by atoms with E-state index in [4.69, 9.17) is 10.6 Å². The first-order chi connectivity index (χ1) is 8.93. The van der Waals surface area contributed by atoms with Gasteiger partial charge in [-0.3, -0.25) is 11.3 Å².